The van der Waals surface area contributed by atoms with Gasteiger partial charge in [0, 0.05) is 17.0 Å². The van der Waals surface area contributed by atoms with Gasteiger partial charge in [-0.15, -0.1) is 0 Å². The largest absolute Gasteiger partial charge is 0.295 e. The highest BCUT2D eigenvalue weighted by Gasteiger charge is 2.12. The molecule has 0 bridgehead atoms. The lowest BCUT2D eigenvalue weighted by molar-refractivity contribution is -0.114. The summed E-state index contributed by atoms with van der Waals surface area (Å²) < 4.78 is 14.4. The molecule has 1 atom stereocenters. The van der Waals surface area contributed by atoms with E-state index in [1.54, 1.807) is 6.07 Å². The molecular formula is C14H13BrFN3O. The third-order valence-corrected chi connectivity index (χ3v) is 3.11. The predicted molar refractivity (Wildman–Crippen MR) is 79.0 cm³/mol. The zero-order valence-electron chi connectivity index (χ0n) is 11.0. The molecule has 0 spiro atoms. The first-order chi connectivity index (χ1) is 9.45. The van der Waals surface area contributed by atoms with Crippen LogP contribution in [0.3, 0.4) is 0 Å². The first kappa shape index (κ1) is 14.6. The van der Waals surface area contributed by atoms with Gasteiger partial charge in [0.15, 0.2) is 0 Å². The molecule has 104 valence electrons. The van der Waals surface area contributed by atoms with Gasteiger partial charge in [-0.25, -0.2) is 14.4 Å². The normalized spacial score (nSPS) is 12.0. The number of hydrogen-bond donors (Lipinski definition) is 1. The second kappa shape index (κ2) is 6.09. The molecule has 1 aromatic heterocycles. The van der Waals surface area contributed by atoms with Gasteiger partial charge in [0.25, 0.3) is 0 Å². The van der Waals surface area contributed by atoms with Crippen molar-refractivity contribution in [2.45, 2.75) is 20.0 Å². The van der Waals surface area contributed by atoms with E-state index in [1.807, 2.05) is 24.3 Å². The molecule has 2 aromatic rings. The number of anilines is 1. The topological polar surface area (TPSA) is 54.9 Å². The fourth-order valence-corrected chi connectivity index (χ4v) is 1.92. The van der Waals surface area contributed by atoms with Gasteiger partial charge in [0.2, 0.25) is 11.9 Å². The van der Waals surface area contributed by atoms with E-state index in [9.17, 15) is 9.18 Å². The Balaban J connectivity index is 2.48. The van der Waals surface area contributed by atoms with Crippen molar-refractivity contribution in [1.82, 2.24) is 9.97 Å². The molecule has 1 amide bonds. The number of nitrogens with zero attached hydrogens (tertiary/aromatic N) is 2. The number of hydrogen-bond acceptors (Lipinski definition) is 3. The van der Waals surface area contributed by atoms with Crippen LogP contribution in [0, 0.1) is 0 Å². The molecule has 20 heavy (non-hydrogen) atoms. The summed E-state index contributed by atoms with van der Waals surface area (Å²) in [6, 6.07) is 9.04. The molecule has 6 heteroatoms. The minimum Gasteiger partial charge on any atom is -0.295 e. The van der Waals surface area contributed by atoms with Gasteiger partial charge in [-0.1, -0.05) is 28.1 Å². The van der Waals surface area contributed by atoms with Crippen molar-refractivity contribution in [2.75, 3.05) is 5.32 Å². The summed E-state index contributed by atoms with van der Waals surface area (Å²) in [6.07, 6.45) is -1.24. The Morgan fingerprint density at radius 3 is 2.50 bits per heavy atom. The Labute approximate surface area is 124 Å². The van der Waals surface area contributed by atoms with E-state index in [1.165, 1.54) is 13.8 Å². The molecule has 0 aliphatic heterocycles. The highest BCUT2D eigenvalue weighted by molar-refractivity contribution is 9.10. The quantitative estimate of drug-likeness (QED) is 0.924. The molecule has 1 unspecified atom stereocenters. The third-order valence-electron chi connectivity index (χ3n) is 2.58. The van der Waals surface area contributed by atoms with E-state index in [0.717, 1.165) is 10.0 Å². The molecule has 0 fully saturated rings. The Morgan fingerprint density at radius 1 is 1.30 bits per heavy atom. The maximum absolute atomic E-state index is 13.5. The number of rotatable bonds is 3. The summed E-state index contributed by atoms with van der Waals surface area (Å²) >= 11 is 3.35. The average molecular weight is 338 g/mol. The van der Waals surface area contributed by atoms with Crippen LogP contribution in [0.5, 0.6) is 0 Å². The van der Waals surface area contributed by atoms with Gasteiger partial charge in [-0.2, -0.15) is 0 Å². The molecular weight excluding hydrogens is 325 g/mol. The monoisotopic (exact) mass is 337 g/mol. The molecule has 2 rings (SSSR count). The lowest BCUT2D eigenvalue weighted by Crippen LogP contribution is -2.11. The van der Waals surface area contributed by atoms with Crippen LogP contribution in [0.1, 0.15) is 25.7 Å². The van der Waals surface area contributed by atoms with Crippen LogP contribution in [0.15, 0.2) is 34.8 Å². The fraction of sp³-hybridized carbons (Fsp3) is 0.214. The van der Waals surface area contributed by atoms with Crippen LogP contribution in [-0.4, -0.2) is 15.9 Å². The van der Waals surface area contributed by atoms with Gasteiger partial charge in [-0.05, 0) is 25.1 Å². The molecule has 0 radical (unpaired) electrons. The second-order valence-corrected chi connectivity index (χ2v) is 5.22. The van der Waals surface area contributed by atoms with Gasteiger partial charge in [0.1, 0.15) is 6.17 Å². The number of alkyl halides is 1. The number of benzene rings is 1. The Bertz CT molecular complexity index is 629. The van der Waals surface area contributed by atoms with Crippen molar-refractivity contribution < 1.29 is 9.18 Å². The van der Waals surface area contributed by atoms with Crippen LogP contribution in [0.25, 0.3) is 11.3 Å². The minimum atomic E-state index is -1.24. The SMILES string of the molecule is CC(=O)Nc1nc(-c2ccc(Br)cc2)cc(C(C)F)n1. The highest BCUT2D eigenvalue weighted by Crippen LogP contribution is 2.24. The number of carbonyl (C=O) groups is 1. The average Bonchev–Trinajstić information content (AvgIpc) is 2.38. The van der Waals surface area contributed by atoms with E-state index in [-0.39, 0.29) is 17.5 Å². The molecule has 0 aliphatic rings. The standard InChI is InChI=1S/C14H13BrFN3O/c1-8(16)12-7-13(10-3-5-11(15)6-4-10)19-14(18-12)17-9(2)20/h3-8H,1-2H3,(H,17,18,19,20). The van der Waals surface area contributed by atoms with E-state index in [0.29, 0.717) is 5.69 Å². The van der Waals surface area contributed by atoms with Gasteiger partial charge < -0.3 is 0 Å². The smallest absolute Gasteiger partial charge is 0.230 e. The summed E-state index contributed by atoms with van der Waals surface area (Å²) in [4.78, 5) is 19.3. The van der Waals surface area contributed by atoms with Crippen LogP contribution in [-0.2, 0) is 4.79 Å². The number of carbonyl (C=O) groups excluding carboxylic acids is 1. The van der Waals surface area contributed by atoms with E-state index in [4.69, 9.17) is 0 Å². The van der Waals surface area contributed by atoms with Crippen molar-refractivity contribution in [3.05, 3.63) is 40.5 Å². The van der Waals surface area contributed by atoms with Crippen molar-refractivity contribution in [2.24, 2.45) is 0 Å². The van der Waals surface area contributed by atoms with E-state index < -0.39 is 6.17 Å². The van der Waals surface area contributed by atoms with E-state index in [2.05, 4.69) is 31.2 Å². The number of nitrogens with one attached hydrogen (secondary N) is 1. The summed E-state index contributed by atoms with van der Waals surface area (Å²) in [7, 11) is 0. The molecule has 1 N–H and O–H groups in total. The number of aromatic nitrogens is 2. The highest BCUT2D eigenvalue weighted by atomic mass is 79.9. The summed E-state index contributed by atoms with van der Waals surface area (Å²) in [5.74, 6) is -0.187. The van der Waals surface area contributed by atoms with Crippen LogP contribution < -0.4 is 5.32 Å². The molecule has 4 nitrogen and oxygen atoms in total. The maximum Gasteiger partial charge on any atom is 0.230 e. The lowest BCUT2D eigenvalue weighted by Gasteiger charge is -2.09. The van der Waals surface area contributed by atoms with Crippen molar-refractivity contribution in [3.63, 3.8) is 0 Å². The lowest BCUT2D eigenvalue weighted by atomic mass is 10.1. The van der Waals surface area contributed by atoms with Gasteiger partial charge in [0.05, 0.1) is 11.4 Å². The Morgan fingerprint density at radius 2 is 1.95 bits per heavy atom. The molecule has 1 aromatic carbocycles. The Hall–Kier alpha value is -1.82. The maximum atomic E-state index is 13.5. The van der Waals surface area contributed by atoms with Gasteiger partial charge in [-0.3, -0.25) is 10.1 Å². The fourth-order valence-electron chi connectivity index (χ4n) is 1.65. The minimum absolute atomic E-state index is 0.109. The first-order valence-electron chi connectivity index (χ1n) is 6.02. The zero-order chi connectivity index (χ0) is 14.7. The predicted octanol–water partition coefficient (Wildman–Crippen LogP) is 3.90. The van der Waals surface area contributed by atoms with Crippen LogP contribution in [0.2, 0.25) is 0 Å². The second-order valence-electron chi connectivity index (χ2n) is 4.31. The molecule has 0 saturated heterocycles. The van der Waals surface area contributed by atoms with Crippen LogP contribution in [0.4, 0.5) is 10.3 Å². The molecule has 0 saturated carbocycles. The van der Waals surface area contributed by atoms with Crippen molar-refractivity contribution in [1.29, 1.82) is 0 Å². The zero-order valence-corrected chi connectivity index (χ0v) is 12.6. The third kappa shape index (κ3) is 3.60. The Kier molecular flexibility index (Phi) is 4.44. The summed E-state index contributed by atoms with van der Waals surface area (Å²) in [5, 5.41) is 2.48. The molecule has 0 aliphatic carbocycles. The van der Waals surface area contributed by atoms with Gasteiger partial charge >= 0.3 is 0 Å². The van der Waals surface area contributed by atoms with Crippen molar-refractivity contribution in [3.8, 4) is 11.3 Å². The summed E-state index contributed by atoms with van der Waals surface area (Å²) in [5.41, 5.74) is 1.63. The summed E-state index contributed by atoms with van der Waals surface area (Å²) in [6.45, 7) is 2.75. The number of halogens is 2. The first-order valence-corrected chi connectivity index (χ1v) is 6.81. The van der Waals surface area contributed by atoms with Crippen LogP contribution >= 0.6 is 15.9 Å². The number of amides is 1. The van der Waals surface area contributed by atoms with E-state index >= 15 is 0 Å². The molecule has 1 heterocycles. The van der Waals surface area contributed by atoms with Crippen molar-refractivity contribution >= 4 is 27.8 Å².